The normalized spacial score (nSPS) is 16.0. The maximum absolute atomic E-state index is 12.5. The van der Waals surface area contributed by atoms with Crippen LogP contribution in [0.25, 0.3) is 0 Å². The fourth-order valence-electron chi connectivity index (χ4n) is 3.06. The van der Waals surface area contributed by atoms with Crippen LogP contribution < -0.4 is 10.6 Å². The van der Waals surface area contributed by atoms with E-state index >= 15 is 0 Å². The first-order valence-corrected chi connectivity index (χ1v) is 8.57. The molecule has 6 heteroatoms. The van der Waals surface area contributed by atoms with Crippen LogP contribution in [0, 0.1) is 11.3 Å². The minimum Gasteiger partial charge on any atom is -0.350 e. The van der Waals surface area contributed by atoms with E-state index in [9.17, 15) is 9.59 Å². The number of carbonyl (C=O) groups is 2. The van der Waals surface area contributed by atoms with Gasteiger partial charge in [0.25, 0.3) is 0 Å². The maximum Gasteiger partial charge on any atom is 0.322 e. The van der Waals surface area contributed by atoms with Gasteiger partial charge in [-0.1, -0.05) is 30.3 Å². The molecule has 2 N–H and O–H groups in total. The third-order valence-electron chi connectivity index (χ3n) is 4.36. The maximum atomic E-state index is 12.5. The molecule has 0 aliphatic carbocycles. The number of nitrogens with one attached hydrogen (secondary N) is 2. The van der Waals surface area contributed by atoms with Crippen LogP contribution in [0.3, 0.4) is 0 Å². The Bertz CT molecular complexity index is 829. The molecule has 0 unspecified atom stereocenters. The zero-order chi connectivity index (χ0) is 18.4. The van der Waals surface area contributed by atoms with Crippen LogP contribution in [0.4, 0.5) is 10.5 Å². The molecule has 3 rings (SSSR count). The number of anilines is 1. The van der Waals surface area contributed by atoms with Crippen LogP contribution in [0.2, 0.25) is 0 Å². The lowest BCUT2D eigenvalue weighted by molar-refractivity contribution is -0.124. The van der Waals surface area contributed by atoms with Crippen molar-refractivity contribution in [3.05, 3.63) is 65.7 Å². The molecular weight excluding hydrogens is 328 g/mol. The fraction of sp³-hybridized carbons (Fsp3) is 0.250. The number of hydrogen-bond donors (Lipinski definition) is 2. The Morgan fingerprint density at radius 3 is 2.73 bits per heavy atom. The number of urea groups is 1. The highest BCUT2D eigenvalue weighted by Gasteiger charge is 2.33. The average molecular weight is 348 g/mol. The van der Waals surface area contributed by atoms with E-state index in [2.05, 4.69) is 16.7 Å². The number of likely N-dealkylation sites (tertiary alicyclic amines) is 1. The summed E-state index contributed by atoms with van der Waals surface area (Å²) < 4.78 is 0. The van der Waals surface area contributed by atoms with Gasteiger partial charge in [-0.25, -0.2) is 4.79 Å². The Morgan fingerprint density at radius 2 is 1.96 bits per heavy atom. The Hall–Kier alpha value is -3.33. The molecule has 6 nitrogen and oxygen atoms in total. The van der Waals surface area contributed by atoms with E-state index in [0.29, 0.717) is 30.8 Å². The number of nitrogens with zero attached hydrogens (tertiary/aromatic N) is 2. The summed E-state index contributed by atoms with van der Waals surface area (Å²) in [5.41, 5.74) is 2.12. The summed E-state index contributed by atoms with van der Waals surface area (Å²) in [4.78, 5) is 26.6. The van der Waals surface area contributed by atoms with Crippen LogP contribution in [0.1, 0.15) is 24.0 Å². The van der Waals surface area contributed by atoms with Crippen LogP contribution in [0.5, 0.6) is 0 Å². The minimum absolute atomic E-state index is 0.173. The van der Waals surface area contributed by atoms with Crippen molar-refractivity contribution in [3.63, 3.8) is 0 Å². The molecule has 0 spiro atoms. The van der Waals surface area contributed by atoms with E-state index < -0.39 is 6.04 Å². The lowest BCUT2D eigenvalue weighted by Crippen LogP contribution is -2.47. The lowest BCUT2D eigenvalue weighted by atomic mass is 10.1. The summed E-state index contributed by atoms with van der Waals surface area (Å²) in [5.74, 6) is -0.173. The van der Waals surface area contributed by atoms with Gasteiger partial charge < -0.3 is 15.5 Å². The van der Waals surface area contributed by atoms with Crippen LogP contribution in [0.15, 0.2) is 54.6 Å². The number of para-hydroxylation sites is 1. The zero-order valence-electron chi connectivity index (χ0n) is 14.3. The summed E-state index contributed by atoms with van der Waals surface area (Å²) in [6.45, 7) is 0.889. The molecule has 0 bridgehead atoms. The smallest absolute Gasteiger partial charge is 0.322 e. The van der Waals surface area contributed by atoms with E-state index in [1.807, 2.05) is 36.4 Å². The molecule has 0 aromatic heterocycles. The molecule has 1 saturated heterocycles. The van der Waals surface area contributed by atoms with Crippen molar-refractivity contribution < 1.29 is 9.59 Å². The van der Waals surface area contributed by atoms with Gasteiger partial charge in [-0.05, 0) is 42.7 Å². The van der Waals surface area contributed by atoms with Gasteiger partial charge in [0.05, 0.1) is 11.6 Å². The number of amides is 3. The van der Waals surface area contributed by atoms with Gasteiger partial charge in [0.2, 0.25) is 5.91 Å². The lowest BCUT2D eigenvalue weighted by Gasteiger charge is -2.24. The third-order valence-corrected chi connectivity index (χ3v) is 4.36. The molecule has 1 aliphatic rings. The van der Waals surface area contributed by atoms with Gasteiger partial charge in [0.1, 0.15) is 6.04 Å². The highest BCUT2D eigenvalue weighted by molar-refractivity contribution is 5.94. The zero-order valence-corrected chi connectivity index (χ0v) is 14.3. The van der Waals surface area contributed by atoms with Crippen molar-refractivity contribution in [2.24, 2.45) is 0 Å². The van der Waals surface area contributed by atoms with Crippen molar-refractivity contribution in [1.29, 1.82) is 5.26 Å². The molecule has 2 aromatic rings. The van der Waals surface area contributed by atoms with Gasteiger partial charge in [0, 0.05) is 18.8 Å². The van der Waals surface area contributed by atoms with E-state index in [1.165, 1.54) is 0 Å². The predicted octanol–water partition coefficient (Wildman–Crippen LogP) is 2.87. The number of rotatable bonds is 4. The third kappa shape index (κ3) is 4.19. The molecular formula is C20H20N4O2. The molecule has 1 aliphatic heterocycles. The molecule has 1 fully saturated rings. The first kappa shape index (κ1) is 17.5. The molecule has 3 amide bonds. The van der Waals surface area contributed by atoms with Crippen molar-refractivity contribution in [2.75, 3.05) is 11.9 Å². The Kier molecular flexibility index (Phi) is 5.49. The number of hydrogen-bond acceptors (Lipinski definition) is 3. The molecule has 0 saturated carbocycles. The summed E-state index contributed by atoms with van der Waals surface area (Å²) in [7, 11) is 0. The molecule has 1 heterocycles. The largest absolute Gasteiger partial charge is 0.350 e. The summed E-state index contributed by atoms with van der Waals surface area (Å²) in [6, 6.07) is 17.6. The SMILES string of the molecule is N#Cc1cccc(CNC(=O)[C@H]2CCCN2C(=O)Nc2ccccc2)c1. The topological polar surface area (TPSA) is 85.2 Å². The quantitative estimate of drug-likeness (QED) is 0.891. The Balaban J connectivity index is 1.59. The van der Waals surface area contributed by atoms with Gasteiger partial charge in [-0.15, -0.1) is 0 Å². The first-order chi connectivity index (χ1) is 12.7. The van der Waals surface area contributed by atoms with E-state index in [-0.39, 0.29) is 11.9 Å². The Labute approximate surface area is 152 Å². The second kappa shape index (κ2) is 8.17. The molecule has 2 aromatic carbocycles. The highest BCUT2D eigenvalue weighted by Crippen LogP contribution is 2.19. The standard InChI is InChI=1S/C20H20N4O2/c21-13-15-6-4-7-16(12-15)14-22-19(25)18-10-5-11-24(18)20(26)23-17-8-2-1-3-9-17/h1-4,6-9,12,18H,5,10-11,14H2,(H,22,25)(H,23,26)/t18-/m1/s1. The second-order valence-corrected chi connectivity index (χ2v) is 6.18. The van der Waals surface area contributed by atoms with Crippen molar-refractivity contribution in [2.45, 2.75) is 25.4 Å². The number of carbonyl (C=O) groups excluding carboxylic acids is 2. The molecule has 26 heavy (non-hydrogen) atoms. The minimum atomic E-state index is -0.474. The first-order valence-electron chi connectivity index (χ1n) is 8.57. The molecule has 132 valence electrons. The molecule has 0 radical (unpaired) electrons. The van der Waals surface area contributed by atoms with Gasteiger partial charge in [-0.2, -0.15) is 5.26 Å². The summed E-state index contributed by atoms with van der Waals surface area (Å²) in [5, 5.41) is 14.6. The van der Waals surface area contributed by atoms with Crippen molar-refractivity contribution in [1.82, 2.24) is 10.2 Å². The summed E-state index contributed by atoms with van der Waals surface area (Å²) in [6.07, 6.45) is 1.44. The number of benzene rings is 2. The van der Waals surface area contributed by atoms with Crippen LogP contribution in [-0.2, 0) is 11.3 Å². The van der Waals surface area contributed by atoms with Crippen LogP contribution in [-0.4, -0.2) is 29.4 Å². The van der Waals surface area contributed by atoms with E-state index in [4.69, 9.17) is 5.26 Å². The van der Waals surface area contributed by atoms with E-state index in [1.54, 1.807) is 23.1 Å². The number of nitriles is 1. The van der Waals surface area contributed by atoms with Crippen molar-refractivity contribution >= 4 is 17.6 Å². The monoisotopic (exact) mass is 348 g/mol. The Morgan fingerprint density at radius 1 is 1.15 bits per heavy atom. The van der Waals surface area contributed by atoms with Gasteiger partial charge in [-0.3, -0.25) is 4.79 Å². The highest BCUT2D eigenvalue weighted by atomic mass is 16.2. The van der Waals surface area contributed by atoms with Crippen LogP contribution >= 0.6 is 0 Å². The van der Waals surface area contributed by atoms with Crippen molar-refractivity contribution in [3.8, 4) is 6.07 Å². The molecule has 1 atom stereocenters. The fourth-order valence-corrected chi connectivity index (χ4v) is 3.06. The van der Waals surface area contributed by atoms with Gasteiger partial charge in [0.15, 0.2) is 0 Å². The average Bonchev–Trinajstić information content (AvgIpc) is 3.17. The van der Waals surface area contributed by atoms with Gasteiger partial charge >= 0.3 is 6.03 Å². The summed E-state index contributed by atoms with van der Waals surface area (Å²) >= 11 is 0. The predicted molar refractivity (Wildman–Crippen MR) is 98.2 cm³/mol. The van der Waals surface area contributed by atoms with E-state index in [0.717, 1.165) is 12.0 Å². The second-order valence-electron chi connectivity index (χ2n) is 6.18.